The lowest BCUT2D eigenvalue weighted by Crippen LogP contribution is -2.35. The minimum atomic E-state index is -0.0832. The Balaban J connectivity index is 2.43. The molecule has 0 fully saturated rings. The largest absolute Gasteiger partial charge is 0.399 e. The highest BCUT2D eigenvalue weighted by atomic mass is 16.3. The minimum Gasteiger partial charge on any atom is -0.399 e. The van der Waals surface area contributed by atoms with Gasteiger partial charge in [-0.2, -0.15) is 0 Å². The summed E-state index contributed by atoms with van der Waals surface area (Å²) in [5, 5.41) is 11.8. The summed E-state index contributed by atoms with van der Waals surface area (Å²) in [5.74, 6) is -0.0217. The number of nitrogen functional groups attached to an aromatic ring is 1. The summed E-state index contributed by atoms with van der Waals surface area (Å²) in [5.41, 5.74) is 7.15. The molecule has 0 bridgehead atoms. The Labute approximate surface area is 108 Å². The Hall–Kier alpha value is -1.55. The van der Waals surface area contributed by atoms with Crippen LogP contribution in [-0.2, 0) is 11.2 Å². The Morgan fingerprint density at radius 1 is 1.44 bits per heavy atom. The number of amides is 1. The fraction of sp³-hybridized carbons (Fsp3) is 0.500. The molecule has 100 valence electrons. The fourth-order valence-corrected chi connectivity index (χ4v) is 1.68. The average Bonchev–Trinajstić information content (AvgIpc) is 2.26. The van der Waals surface area contributed by atoms with Crippen LogP contribution in [0.1, 0.15) is 25.8 Å². The van der Waals surface area contributed by atoms with Gasteiger partial charge in [0.25, 0.3) is 0 Å². The third-order valence-electron chi connectivity index (χ3n) is 2.87. The van der Waals surface area contributed by atoms with Gasteiger partial charge in [0, 0.05) is 18.8 Å². The first kappa shape index (κ1) is 14.5. The van der Waals surface area contributed by atoms with Crippen molar-refractivity contribution in [3.05, 3.63) is 29.8 Å². The van der Waals surface area contributed by atoms with Crippen molar-refractivity contribution < 1.29 is 9.90 Å². The number of benzene rings is 1. The van der Waals surface area contributed by atoms with Gasteiger partial charge in [-0.1, -0.05) is 26.0 Å². The summed E-state index contributed by atoms with van der Waals surface area (Å²) < 4.78 is 0. The van der Waals surface area contributed by atoms with E-state index in [0.717, 1.165) is 5.56 Å². The molecule has 1 amide bonds. The van der Waals surface area contributed by atoms with Gasteiger partial charge in [-0.3, -0.25) is 4.79 Å². The molecule has 0 aromatic heterocycles. The number of rotatable bonds is 6. The van der Waals surface area contributed by atoms with Crippen molar-refractivity contribution in [1.82, 2.24) is 5.32 Å². The molecule has 0 aliphatic heterocycles. The van der Waals surface area contributed by atoms with Crippen LogP contribution in [-0.4, -0.2) is 24.2 Å². The highest BCUT2D eigenvalue weighted by Crippen LogP contribution is 2.18. The van der Waals surface area contributed by atoms with E-state index in [9.17, 15) is 4.79 Å². The molecule has 4 heteroatoms. The average molecular weight is 250 g/mol. The lowest BCUT2D eigenvalue weighted by Gasteiger charge is -2.23. The quantitative estimate of drug-likeness (QED) is 0.667. The summed E-state index contributed by atoms with van der Waals surface area (Å²) in [4.78, 5) is 11.8. The Bertz CT molecular complexity index is 403. The van der Waals surface area contributed by atoms with E-state index in [4.69, 9.17) is 10.8 Å². The smallest absolute Gasteiger partial charge is 0.224 e. The fourth-order valence-electron chi connectivity index (χ4n) is 1.68. The zero-order chi connectivity index (χ0) is 13.6. The highest BCUT2D eigenvalue weighted by Gasteiger charge is 2.18. The summed E-state index contributed by atoms with van der Waals surface area (Å²) >= 11 is 0. The number of aliphatic hydroxyl groups is 1. The van der Waals surface area contributed by atoms with Crippen molar-refractivity contribution in [3.63, 3.8) is 0 Å². The van der Waals surface area contributed by atoms with E-state index in [1.54, 1.807) is 12.1 Å². The van der Waals surface area contributed by atoms with Crippen LogP contribution in [0.3, 0.4) is 0 Å². The molecule has 1 rings (SSSR count). The van der Waals surface area contributed by atoms with Crippen molar-refractivity contribution in [2.24, 2.45) is 5.41 Å². The van der Waals surface area contributed by atoms with Gasteiger partial charge in [-0.15, -0.1) is 0 Å². The van der Waals surface area contributed by atoms with E-state index in [1.165, 1.54) is 0 Å². The second-order valence-electron chi connectivity index (χ2n) is 5.34. The van der Waals surface area contributed by atoms with Gasteiger partial charge >= 0.3 is 0 Å². The molecule has 0 heterocycles. The first-order chi connectivity index (χ1) is 8.43. The predicted molar refractivity (Wildman–Crippen MR) is 73.1 cm³/mol. The van der Waals surface area contributed by atoms with Gasteiger partial charge in [0.05, 0.1) is 6.42 Å². The molecule has 0 atom stereocenters. The summed E-state index contributed by atoms with van der Waals surface area (Å²) in [7, 11) is 0. The van der Waals surface area contributed by atoms with Crippen molar-refractivity contribution in [2.75, 3.05) is 18.9 Å². The molecule has 0 aliphatic rings. The zero-order valence-corrected chi connectivity index (χ0v) is 11.1. The molecular weight excluding hydrogens is 228 g/mol. The summed E-state index contributed by atoms with van der Waals surface area (Å²) in [6.07, 6.45) is 1.01. The number of anilines is 1. The van der Waals surface area contributed by atoms with E-state index in [2.05, 4.69) is 5.32 Å². The molecule has 0 unspecified atom stereocenters. The standard InChI is InChI=1S/C14H22N2O2/c1-14(2,6-7-17)10-16-13(18)9-11-4-3-5-12(15)8-11/h3-5,8,17H,6-7,9-10,15H2,1-2H3,(H,16,18). The maximum atomic E-state index is 11.8. The molecule has 0 spiro atoms. The number of nitrogens with one attached hydrogen (secondary N) is 1. The first-order valence-corrected chi connectivity index (χ1v) is 6.15. The van der Waals surface area contributed by atoms with Crippen molar-refractivity contribution in [3.8, 4) is 0 Å². The molecular formula is C14H22N2O2. The second-order valence-corrected chi connectivity index (χ2v) is 5.34. The van der Waals surface area contributed by atoms with Gasteiger partial charge in [0.1, 0.15) is 0 Å². The molecule has 4 nitrogen and oxygen atoms in total. The lowest BCUT2D eigenvalue weighted by molar-refractivity contribution is -0.120. The molecule has 0 aliphatic carbocycles. The van der Waals surface area contributed by atoms with Crippen LogP contribution in [0, 0.1) is 5.41 Å². The Morgan fingerprint density at radius 3 is 2.78 bits per heavy atom. The number of nitrogens with two attached hydrogens (primary N) is 1. The van der Waals surface area contributed by atoms with Crippen molar-refractivity contribution >= 4 is 11.6 Å². The van der Waals surface area contributed by atoms with Crippen LogP contribution < -0.4 is 11.1 Å². The summed E-state index contributed by atoms with van der Waals surface area (Å²) in [6, 6.07) is 7.33. The number of carbonyl (C=O) groups is 1. The van der Waals surface area contributed by atoms with E-state index < -0.39 is 0 Å². The molecule has 0 radical (unpaired) electrons. The van der Waals surface area contributed by atoms with Crippen LogP contribution in [0.5, 0.6) is 0 Å². The van der Waals surface area contributed by atoms with Gasteiger partial charge in [-0.05, 0) is 29.5 Å². The molecule has 18 heavy (non-hydrogen) atoms. The summed E-state index contributed by atoms with van der Waals surface area (Å²) in [6.45, 7) is 4.74. The molecule has 0 saturated carbocycles. The van der Waals surface area contributed by atoms with Gasteiger partial charge in [-0.25, -0.2) is 0 Å². The topological polar surface area (TPSA) is 75.3 Å². The van der Waals surface area contributed by atoms with Gasteiger partial charge in [0.15, 0.2) is 0 Å². The number of hydrogen-bond acceptors (Lipinski definition) is 3. The number of aliphatic hydroxyl groups excluding tert-OH is 1. The van der Waals surface area contributed by atoms with Crippen LogP contribution in [0.2, 0.25) is 0 Å². The minimum absolute atomic E-state index is 0.0217. The first-order valence-electron chi connectivity index (χ1n) is 6.15. The molecule has 1 aromatic rings. The molecule has 4 N–H and O–H groups in total. The maximum Gasteiger partial charge on any atom is 0.224 e. The maximum absolute atomic E-state index is 11.8. The third-order valence-corrected chi connectivity index (χ3v) is 2.87. The number of hydrogen-bond donors (Lipinski definition) is 3. The molecule has 0 saturated heterocycles. The second kappa shape index (κ2) is 6.40. The monoisotopic (exact) mass is 250 g/mol. The number of carbonyl (C=O) groups excluding carboxylic acids is 1. The third kappa shape index (κ3) is 5.19. The molecule has 1 aromatic carbocycles. The highest BCUT2D eigenvalue weighted by molar-refractivity contribution is 5.78. The van der Waals surface area contributed by atoms with E-state index in [1.807, 2.05) is 26.0 Å². The van der Waals surface area contributed by atoms with Crippen LogP contribution >= 0.6 is 0 Å². The van der Waals surface area contributed by atoms with Crippen LogP contribution in [0.4, 0.5) is 5.69 Å². The van der Waals surface area contributed by atoms with Gasteiger partial charge < -0.3 is 16.2 Å². The van der Waals surface area contributed by atoms with Gasteiger partial charge in [0.2, 0.25) is 5.91 Å². The normalized spacial score (nSPS) is 11.3. The predicted octanol–water partition coefficient (Wildman–Crippen LogP) is 1.34. The SMILES string of the molecule is CC(C)(CCO)CNC(=O)Cc1cccc(N)c1. The van der Waals surface area contributed by atoms with E-state index >= 15 is 0 Å². The van der Waals surface area contributed by atoms with E-state index in [-0.39, 0.29) is 17.9 Å². The zero-order valence-electron chi connectivity index (χ0n) is 11.1. The van der Waals surface area contributed by atoms with E-state index in [0.29, 0.717) is 25.1 Å². The lowest BCUT2D eigenvalue weighted by atomic mass is 9.89. The Kier molecular flexibility index (Phi) is 5.16. The van der Waals surface area contributed by atoms with Crippen molar-refractivity contribution in [2.45, 2.75) is 26.7 Å². The van der Waals surface area contributed by atoms with Crippen LogP contribution in [0.25, 0.3) is 0 Å². The Morgan fingerprint density at radius 2 is 2.17 bits per heavy atom. The van der Waals surface area contributed by atoms with Crippen LogP contribution in [0.15, 0.2) is 24.3 Å². The van der Waals surface area contributed by atoms with Crippen molar-refractivity contribution in [1.29, 1.82) is 0 Å².